The van der Waals surface area contributed by atoms with Crippen LogP contribution in [0.4, 0.5) is 16.2 Å². The first-order chi connectivity index (χ1) is 15.4. The van der Waals surface area contributed by atoms with E-state index in [-0.39, 0.29) is 17.0 Å². The molecule has 4 amide bonds. The molecule has 7 heteroatoms. The van der Waals surface area contributed by atoms with Crippen LogP contribution in [0.1, 0.15) is 55.4 Å². The summed E-state index contributed by atoms with van der Waals surface area (Å²) in [5, 5.41) is 2.72. The van der Waals surface area contributed by atoms with Gasteiger partial charge in [0.05, 0.1) is 5.69 Å². The van der Waals surface area contributed by atoms with Crippen LogP contribution in [0.3, 0.4) is 0 Å². The first-order valence-corrected chi connectivity index (χ1v) is 11.3. The summed E-state index contributed by atoms with van der Waals surface area (Å²) in [5.41, 5.74) is 4.97. The summed E-state index contributed by atoms with van der Waals surface area (Å²) in [6.07, 6.45) is 2.44. The maximum atomic E-state index is 13.3. The Hall–Kier alpha value is -3.12. The SMILES string of the molecule is Cc1ccc(N2C(=O)NC(=O)/C(=C\c3cc4c(cc3Cl)N(C)C(C)(C)CC4C)C2=O)cc1C. The van der Waals surface area contributed by atoms with Crippen molar-refractivity contribution in [3.63, 3.8) is 0 Å². The van der Waals surface area contributed by atoms with E-state index in [1.807, 2.05) is 39.1 Å². The number of urea groups is 1. The van der Waals surface area contributed by atoms with Crippen molar-refractivity contribution in [2.75, 3.05) is 16.8 Å². The van der Waals surface area contributed by atoms with Crippen molar-refractivity contribution in [3.05, 3.63) is 63.2 Å². The van der Waals surface area contributed by atoms with Gasteiger partial charge in [-0.15, -0.1) is 0 Å². The van der Waals surface area contributed by atoms with Gasteiger partial charge in [-0.1, -0.05) is 24.6 Å². The molecule has 1 fully saturated rings. The van der Waals surface area contributed by atoms with Crippen LogP contribution in [-0.2, 0) is 9.59 Å². The normalized spacial score (nSPS) is 21.4. The molecule has 2 aliphatic heterocycles. The highest BCUT2D eigenvalue weighted by molar-refractivity contribution is 6.40. The molecule has 0 aliphatic carbocycles. The number of nitrogens with zero attached hydrogens (tertiary/aromatic N) is 2. The van der Waals surface area contributed by atoms with Crippen molar-refractivity contribution in [2.45, 2.75) is 52.5 Å². The summed E-state index contributed by atoms with van der Waals surface area (Å²) in [6.45, 7) is 10.4. The average molecular weight is 466 g/mol. The number of barbiturate groups is 1. The Morgan fingerprint density at radius 2 is 1.79 bits per heavy atom. The number of anilines is 2. The molecule has 6 nitrogen and oxygen atoms in total. The zero-order valence-corrected chi connectivity index (χ0v) is 20.5. The fourth-order valence-corrected chi connectivity index (χ4v) is 4.84. The second-order valence-electron chi connectivity index (χ2n) is 9.64. The number of aryl methyl sites for hydroxylation is 2. The van der Waals surface area contributed by atoms with Crippen molar-refractivity contribution < 1.29 is 14.4 Å². The predicted octanol–water partition coefficient (Wildman–Crippen LogP) is 5.35. The fourth-order valence-electron chi connectivity index (χ4n) is 4.63. The van der Waals surface area contributed by atoms with E-state index in [4.69, 9.17) is 11.6 Å². The third-order valence-electron chi connectivity index (χ3n) is 6.90. The summed E-state index contributed by atoms with van der Waals surface area (Å²) >= 11 is 6.61. The number of carbonyl (C=O) groups excluding carboxylic acids is 3. The van der Waals surface area contributed by atoms with E-state index in [1.54, 1.807) is 12.1 Å². The predicted molar refractivity (Wildman–Crippen MR) is 132 cm³/mol. The van der Waals surface area contributed by atoms with Crippen molar-refractivity contribution in [1.82, 2.24) is 5.32 Å². The Bertz CT molecular complexity index is 1230. The van der Waals surface area contributed by atoms with Crippen LogP contribution in [0.15, 0.2) is 35.9 Å². The molecule has 0 aromatic heterocycles. The molecule has 4 rings (SSSR count). The number of rotatable bonds is 2. The zero-order chi connectivity index (χ0) is 24.2. The molecule has 2 aliphatic rings. The van der Waals surface area contributed by atoms with Gasteiger partial charge in [0.1, 0.15) is 5.57 Å². The summed E-state index contributed by atoms with van der Waals surface area (Å²) in [6, 6.07) is 8.35. The van der Waals surface area contributed by atoms with E-state index >= 15 is 0 Å². The molecule has 2 heterocycles. The summed E-state index contributed by atoms with van der Waals surface area (Å²) < 4.78 is 0. The first kappa shape index (κ1) is 23.1. The molecular formula is C26H28ClN3O3. The number of nitrogens with one attached hydrogen (secondary N) is 1. The van der Waals surface area contributed by atoms with Crippen LogP contribution >= 0.6 is 11.6 Å². The van der Waals surface area contributed by atoms with Gasteiger partial charge in [0.15, 0.2) is 0 Å². The monoisotopic (exact) mass is 465 g/mol. The van der Waals surface area contributed by atoms with E-state index < -0.39 is 17.8 Å². The molecule has 0 bridgehead atoms. The molecule has 2 aromatic rings. The smallest absolute Gasteiger partial charge is 0.335 e. The highest BCUT2D eigenvalue weighted by atomic mass is 35.5. The molecule has 172 valence electrons. The quantitative estimate of drug-likeness (QED) is 0.479. The Labute approximate surface area is 199 Å². The minimum Gasteiger partial charge on any atom is -0.369 e. The van der Waals surface area contributed by atoms with Crippen LogP contribution in [0.25, 0.3) is 6.08 Å². The van der Waals surface area contributed by atoms with Crippen molar-refractivity contribution in [3.8, 4) is 0 Å². The molecule has 1 N–H and O–H groups in total. The second-order valence-corrected chi connectivity index (χ2v) is 10.0. The number of carbonyl (C=O) groups is 3. The maximum absolute atomic E-state index is 13.3. The van der Waals surface area contributed by atoms with E-state index in [9.17, 15) is 14.4 Å². The number of imide groups is 2. The lowest BCUT2D eigenvalue weighted by Crippen LogP contribution is -2.54. The van der Waals surface area contributed by atoms with E-state index in [2.05, 4.69) is 31.0 Å². The molecule has 0 saturated carbocycles. The minimum atomic E-state index is -0.764. The molecule has 1 atom stereocenters. The minimum absolute atomic E-state index is 0.0119. The van der Waals surface area contributed by atoms with Gasteiger partial charge in [-0.25, -0.2) is 9.69 Å². The largest absolute Gasteiger partial charge is 0.369 e. The summed E-state index contributed by atoms with van der Waals surface area (Å²) in [4.78, 5) is 41.6. The van der Waals surface area contributed by atoms with Crippen LogP contribution in [0.5, 0.6) is 0 Å². The standard InChI is InChI=1S/C26H28ClN3O3/c1-14-7-8-18(9-15(14)2)30-24(32)20(23(31)28-25(30)33)11-17-10-19-16(3)13-26(4,5)29(6)22(19)12-21(17)27/h7-12,16H,13H2,1-6H3,(H,28,31,33)/b20-11+. The Morgan fingerprint density at radius 3 is 2.45 bits per heavy atom. The van der Waals surface area contributed by atoms with E-state index in [0.29, 0.717) is 16.3 Å². The third kappa shape index (κ3) is 3.93. The third-order valence-corrected chi connectivity index (χ3v) is 7.23. The molecule has 33 heavy (non-hydrogen) atoms. The Morgan fingerprint density at radius 1 is 1.09 bits per heavy atom. The van der Waals surface area contributed by atoms with E-state index in [0.717, 1.165) is 33.7 Å². The molecule has 2 aromatic carbocycles. The number of fused-ring (bicyclic) bond motifs is 1. The summed E-state index contributed by atoms with van der Waals surface area (Å²) in [5.74, 6) is -1.12. The number of halogens is 1. The average Bonchev–Trinajstić information content (AvgIpc) is 2.72. The Balaban J connectivity index is 1.77. The second kappa shape index (κ2) is 8.03. The van der Waals surface area contributed by atoms with Gasteiger partial charge < -0.3 is 4.90 Å². The molecule has 0 radical (unpaired) electrons. The molecule has 0 spiro atoms. The lowest BCUT2D eigenvalue weighted by atomic mass is 9.80. The summed E-state index contributed by atoms with van der Waals surface area (Å²) in [7, 11) is 2.05. The number of benzene rings is 2. The molecule has 1 unspecified atom stereocenters. The van der Waals surface area contributed by atoms with Crippen molar-refractivity contribution in [2.24, 2.45) is 0 Å². The van der Waals surface area contributed by atoms with Crippen molar-refractivity contribution >= 4 is 46.9 Å². The highest BCUT2D eigenvalue weighted by Crippen LogP contribution is 2.44. The lowest BCUT2D eigenvalue weighted by molar-refractivity contribution is -0.122. The van der Waals surface area contributed by atoms with Gasteiger partial charge in [0.25, 0.3) is 11.8 Å². The van der Waals surface area contributed by atoms with E-state index in [1.165, 1.54) is 6.08 Å². The topological polar surface area (TPSA) is 69.7 Å². The van der Waals surface area contributed by atoms with Gasteiger partial charge >= 0.3 is 6.03 Å². The van der Waals surface area contributed by atoms with Crippen LogP contribution in [0, 0.1) is 13.8 Å². The van der Waals surface area contributed by atoms with Crippen LogP contribution in [0.2, 0.25) is 5.02 Å². The van der Waals surface area contributed by atoms with Gasteiger partial charge in [-0.05, 0) is 92.6 Å². The highest BCUT2D eigenvalue weighted by Gasteiger charge is 2.38. The van der Waals surface area contributed by atoms with Crippen LogP contribution in [-0.4, -0.2) is 30.4 Å². The first-order valence-electron chi connectivity index (χ1n) is 11.0. The lowest BCUT2D eigenvalue weighted by Gasteiger charge is -2.45. The van der Waals surface area contributed by atoms with Gasteiger partial charge in [-0.3, -0.25) is 14.9 Å². The zero-order valence-electron chi connectivity index (χ0n) is 19.7. The van der Waals surface area contributed by atoms with Crippen molar-refractivity contribution in [1.29, 1.82) is 0 Å². The fraction of sp³-hybridized carbons (Fsp3) is 0.346. The molecule has 1 saturated heterocycles. The van der Waals surface area contributed by atoms with Gasteiger partial charge in [0, 0.05) is 23.3 Å². The number of hydrogen-bond donors (Lipinski definition) is 1. The van der Waals surface area contributed by atoms with Gasteiger partial charge in [-0.2, -0.15) is 0 Å². The molecular weight excluding hydrogens is 438 g/mol. The Kier molecular flexibility index (Phi) is 5.61. The van der Waals surface area contributed by atoms with Gasteiger partial charge in [0.2, 0.25) is 0 Å². The number of hydrogen-bond acceptors (Lipinski definition) is 4. The van der Waals surface area contributed by atoms with Crippen LogP contribution < -0.4 is 15.1 Å². The maximum Gasteiger partial charge on any atom is 0.335 e. The number of amides is 4.